The van der Waals surface area contributed by atoms with Crippen LogP contribution in [-0.2, 0) is 0 Å². The van der Waals surface area contributed by atoms with Crippen LogP contribution < -0.4 is 0 Å². The van der Waals surface area contributed by atoms with E-state index >= 15 is 0 Å². The van der Waals surface area contributed by atoms with Gasteiger partial charge in [0.05, 0.1) is 16.9 Å². The molecule has 7 heteroatoms. The Morgan fingerprint density at radius 2 is 1.93 bits per heavy atom. The van der Waals surface area contributed by atoms with Gasteiger partial charge in [0.2, 0.25) is 11.7 Å². The number of hydrogen-bond acceptors (Lipinski definition) is 5. The molecule has 3 aromatic rings. The summed E-state index contributed by atoms with van der Waals surface area (Å²) in [6.45, 7) is 9.55. The van der Waals surface area contributed by atoms with E-state index in [0.29, 0.717) is 23.2 Å². The highest BCUT2D eigenvalue weighted by molar-refractivity contribution is 5.95. The molecule has 0 spiro atoms. The number of benzene rings is 1. The van der Waals surface area contributed by atoms with Gasteiger partial charge in [-0.25, -0.2) is 4.68 Å². The molecular formula is C21H25N5O2. The fourth-order valence-corrected chi connectivity index (χ4v) is 3.59. The molecule has 146 valence electrons. The van der Waals surface area contributed by atoms with E-state index in [1.54, 1.807) is 11.6 Å². The molecule has 0 bridgehead atoms. The molecule has 0 atom stereocenters. The summed E-state index contributed by atoms with van der Waals surface area (Å²) < 4.78 is 6.87. The van der Waals surface area contributed by atoms with Crippen molar-refractivity contribution >= 4 is 5.91 Å². The van der Waals surface area contributed by atoms with Gasteiger partial charge in [0.15, 0.2) is 0 Å². The monoisotopic (exact) mass is 379 g/mol. The predicted molar refractivity (Wildman–Crippen MR) is 105 cm³/mol. The second-order valence-corrected chi connectivity index (χ2v) is 7.69. The van der Waals surface area contributed by atoms with Crippen molar-refractivity contribution in [3.63, 3.8) is 0 Å². The number of carbonyl (C=O) groups excluding carboxylic acids is 1. The number of hydrogen-bond donors (Lipinski definition) is 0. The van der Waals surface area contributed by atoms with E-state index in [4.69, 9.17) is 4.52 Å². The van der Waals surface area contributed by atoms with E-state index < -0.39 is 0 Å². The molecule has 1 fully saturated rings. The van der Waals surface area contributed by atoms with Crippen LogP contribution in [0.4, 0.5) is 0 Å². The van der Waals surface area contributed by atoms with Crippen LogP contribution in [0.15, 0.2) is 28.9 Å². The maximum Gasteiger partial charge on any atom is 0.257 e. The molecule has 0 saturated carbocycles. The van der Waals surface area contributed by atoms with Crippen LogP contribution >= 0.6 is 0 Å². The number of piperidine rings is 1. The van der Waals surface area contributed by atoms with Gasteiger partial charge >= 0.3 is 0 Å². The first kappa shape index (κ1) is 18.4. The van der Waals surface area contributed by atoms with Gasteiger partial charge in [0.1, 0.15) is 0 Å². The Labute approximate surface area is 164 Å². The van der Waals surface area contributed by atoms with Crippen molar-refractivity contribution < 1.29 is 9.32 Å². The lowest BCUT2D eigenvalue weighted by atomic mass is 9.99. The number of carbonyl (C=O) groups is 1. The summed E-state index contributed by atoms with van der Waals surface area (Å²) in [7, 11) is 0. The molecule has 1 saturated heterocycles. The first-order valence-corrected chi connectivity index (χ1v) is 9.69. The molecule has 0 radical (unpaired) electrons. The van der Waals surface area contributed by atoms with Crippen molar-refractivity contribution in [1.29, 1.82) is 0 Å². The van der Waals surface area contributed by atoms with E-state index in [1.165, 1.54) is 0 Å². The Bertz CT molecular complexity index is 1010. The van der Waals surface area contributed by atoms with E-state index in [-0.39, 0.29) is 5.91 Å². The van der Waals surface area contributed by atoms with Gasteiger partial charge in [-0.1, -0.05) is 24.2 Å². The maximum atomic E-state index is 13.0. The highest BCUT2D eigenvalue weighted by atomic mass is 16.5. The number of aromatic nitrogens is 4. The minimum atomic E-state index is 0.0678. The van der Waals surface area contributed by atoms with Crippen molar-refractivity contribution in [3.05, 3.63) is 47.1 Å². The number of likely N-dealkylation sites (tertiary alicyclic amines) is 1. The molecule has 28 heavy (non-hydrogen) atoms. The molecule has 1 aromatic carbocycles. The second kappa shape index (κ2) is 7.22. The summed E-state index contributed by atoms with van der Waals surface area (Å²) in [6.07, 6.45) is 3.96. The maximum absolute atomic E-state index is 13.0. The molecule has 3 heterocycles. The van der Waals surface area contributed by atoms with Crippen LogP contribution in [0.2, 0.25) is 0 Å². The molecule has 0 aliphatic carbocycles. The Kier molecular flexibility index (Phi) is 4.75. The lowest BCUT2D eigenvalue weighted by Gasteiger charge is -2.30. The predicted octanol–water partition coefficient (Wildman–Crippen LogP) is 3.72. The van der Waals surface area contributed by atoms with Crippen LogP contribution in [0.5, 0.6) is 0 Å². The van der Waals surface area contributed by atoms with Gasteiger partial charge in [0.25, 0.3) is 5.91 Å². The van der Waals surface area contributed by atoms with Gasteiger partial charge in [-0.05, 0) is 44.2 Å². The fourth-order valence-electron chi connectivity index (χ4n) is 3.59. The normalized spacial score (nSPS) is 15.2. The van der Waals surface area contributed by atoms with Crippen molar-refractivity contribution in [2.75, 3.05) is 13.1 Å². The molecule has 1 aliphatic rings. The van der Waals surface area contributed by atoms with E-state index in [0.717, 1.165) is 48.4 Å². The Hall–Kier alpha value is -2.96. The Morgan fingerprint density at radius 1 is 1.18 bits per heavy atom. The largest absolute Gasteiger partial charge is 0.339 e. The average Bonchev–Trinajstić information content (AvgIpc) is 3.28. The van der Waals surface area contributed by atoms with Crippen LogP contribution in [0, 0.1) is 26.7 Å². The highest BCUT2D eigenvalue weighted by Crippen LogP contribution is 2.24. The number of nitrogens with zero attached hydrogens (tertiary/aromatic N) is 5. The van der Waals surface area contributed by atoms with Crippen molar-refractivity contribution in [3.8, 4) is 17.1 Å². The van der Waals surface area contributed by atoms with Crippen LogP contribution in [-0.4, -0.2) is 43.8 Å². The summed E-state index contributed by atoms with van der Waals surface area (Å²) in [5.74, 6) is 1.82. The lowest BCUT2D eigenvalue weighted by molar-refractivity contribution is 0.0696. The molecule has 2 aromatic heterocycles. The zero-order valence-corrected chi connectivity index (χ0v) is 16.8. The van der Waals surface area contributed by atoms with Crippen molar-refractivity contribution in [2.24, 2.45) is 5.92 Å². The molecular weight excluding hydrogens is 354 g/mol. The van der Waals surface area contributed by atoms with Crippen LogP contribution in [0.1, 0.15) is 47.3 Å². The Balaban J connectivity index is 1.65. The summed E-state index contributed by atoms with van der Waals surface area (Å²) in [4.78, 5) is 19.2. The zero-order chi connectivity index (χ0) is 19.8. The molecule has 1 aliphatic heterocycles. The number of rotatable bonds is 3. The van der Waals surface area contributed by atoms with E-state index in [9.17, 15) is 4.79 Å². The van der Waals surface area contributed by atoms with Gasteiger partial charge < -0.3 is 9.42 Å². The fraction of sp³-hybridized carbons (Fsp3) is 0.429. The number of aryl methyl sites for hydroxylation is 3. The topological polar surface area (TPSA) is 77.1 Å². The quantitative estimate of drug-likeness (QED) is 0.693. The van der Waals surface area contributed by atoms with E-state index in [1.807, 2.05) is 43.1 Å². The third-order valence-electron chi connectivity index (χ3n) is 5.44. The minimum Gasteiger partial charge on any atom is -0.339 e. The average molecular weight is 379 g/mol. The summed E-state index contributed by atoms with van der Waals surface area (Å²) in [6, 6.07) is 5.93. The summed E-state index contributed by atoms with van der Waals surface area (Å²) >= 11 is 0. The third-order valence-corrected chi connectivity index (χ3v) is 5.44. The van der Waals surface area contributed by atoms with Gasteiger partial charge in [-0.2, -0.15) is 10.1 Å². The minimum absolute atomic E-state index is 0.0678. The molecule has 0 N–H and O–H groups in total. The SMILES string of the molecule is Cc1nc(-c2ccc(C)c(-n3cc(C(=O)N4CCC(C)CC4)c(C)n3)c2)no1. The standard InChI is InChI=1S/C21H25N5O2/c1-13-7-9-25(10-8-13)21(27)18-12-26(23-15(18)3)19-11-17(6-5-14(19)2)20-22-16(4)28-24-20/h5-6,11-13H,7-10H2,1-4H3. The van der Waals surface area contributed by atoms with Crippen LogP contribution in [0.3, 0.4) is 0 Å². The van der Waals surface area contributed by atoms with E-state index in [2.05, 4.69) is 22.2 Å². The van der Waals surface area contributed by atoms with Crippen molar-refractivity contribution in [2.45, 2.75) is 40.5 Å². The first-order chi connectivity index (χ1) is 13.4. The molecule has 4 rings (SSSR count). The van der Waals surface area contributed by atoms with Gasteiger partial charge in [-0.15, -0.1) is 0 Å². The molecule has 7 nitrogen and oxygen atoms in total. The summed E-state index contributed by atoms with van der Waals surface area (Å²) in [5, 5.41) is 8.61. The third kappa shape index (κ3) is 3.44. The molecule has 0 unspecified atom stereocenters. The highest BCUT2D eigenvalue weighted by Gasteiger charge is 2.24. The molecule has 1 amide bonds. The first-order valence-electron chi connectivity index (χ1n) is 9.69. The second-order valence-electron chi connectivity index (χ2n) is 7.69. The van der Waals surface area contributed by atoms with Gasteiger partial charge in [-0.3, -0.25) is 4.79 Å². The Morgan fingerprint density at radius 3 is 2.61 bits per heavy atom. The summed E-state index contributed by atoms with van der Waals surface area (Å²) in [5.41, 5.74) is 4.20. The zero-order valence-electron chi connectivity index (χ0n) is 16.8. The number of amides is 1. The lowest BCUT2D eigenvalue weighted by Crippen LogP contribution is -2.38. The smallest absolute Gasteiger partial charge is 0.257 e. The van der Waals surface area contributed by atoms with Crippen molar-refractivity contribution in [1.82, 2.24) is 24.8 Å². The van der Waals surface area contributed by atoms with Gasteiger partial charge in [0, 0.05) is 31.8 Å². The van der Waals surface area contributed by atoms with Crippen LogP contribution in [0.25, 0.3) is 17.1 Å².